The van der Waals surface area contributed by atoms with E-state index in [-0.39, 0.29) is 6.09 Å². The van der Waals surface area contributed by atoms with Gasteiger partial charge in [0.25, 0.3) is 0 Å². The number of carbonyl (C=O) groups is 1. The minimum atomic E-state index is -0.476. The van der Waals surface area contributed by atoms with E-state index in [4.69, 9.17) is 24.3 Å². The molecule has 2 aliphatic rings. The maximum absolute atomic E-state index is 12.5. The minimum Gasteiger partial charge on any atom is -0.473 e. The molecule has 5 aromatic rings. The zero-order chi connectivity index (χ0) is 34.0. The second-order valence-electron chi connectivity index (χ2n) is 13.8. The fraction of sp³-hybridized carbons (Fsp3) is 0.359. The Hall–Kier alpha value is -5.09. The molecule has 0 spiro atoms. The third kappa shape index (κ3) is 7.49. The number of pyridine rings is 1. The van der Waals surface area contributed by atoms with Crippen molar-refractivity contribution in [1.29, 1.82) is 0 Å². The van der Waals surface area contributed by atoms with E-state index in [1.807, 2.05) is 110 Å². The number of piperazine rings is 1. The molecule has 0 unspecified atom stereocenters. The number of carbonyl (C=O) groups excluding carboxylic acids is 1. The van der Waals surface area contributed by atoms with Gasteiger partial charge in [0.2, 0.25) is 11.8 Å². The summed E-state index contributed by atoms with van der Waals surface area (Å²) in [5, 5.41) is 5.99. The molecule has 4 heterocycles. The lowest BCUT2D eigenvalue weighted by Gasteiger charge is -2.49. The molecule has 3 aromatic carbocycles. The van der Waals surface area contributed by atoms with Crippen LogP contribution < -0.4 is 14.4 Å². The van der Waals surface area contributed by atoms with Crippen LogP contribution in [0.2, 0.25) is 0 Å². The third-order valence-corrected chi connectivity index (χ3v) is 9.08. The Bertz CT molecular complexity index is 1890. The highest BCUT2D eigenvalue weighted by Gasteiger charge is 2.35. The van der Waals surface area contributed by atoms with Crippen molar-refractivity contribution < 1.29 is 19.0 Å². The molecule has 0 radical (unpaired) electrons. The number of fused-ring (bicyclic) bond motifs is 1. The third-order valence-electron chi connectivity index (χ3n) is 9.08. The highest BCUT2D eigenvalue weighted by Crippen LogP contribution is 2.37. The number of hydrogen-bond acceptors (Lipinski definition) is 8. The average molecular weight is 661 g/mol. The van der Waals surface area contributed by atoms with Crippen LogP contribution in [0.3, 0.4) is 0 Å². The number of amides is 1. The van der Waals surface area contributed by atoms with Gasteiger partial charge in [-0.25, -0.2) is 4.79 Å². The van der Waals surface area contributed by atoms with Crippen LogP contribution in [0.1, 0.15) is 31.9 Å². The monoisotopic (exact) mass is 660 g/mol. The minimum absolute atomic E-state index is 0.218. The zero-order valence-corrected chi connectivity index (χ0v) is 28.7. The van der Waals surface area contributed by atoms with Crippen LogP contribution in [-0.2, 0) is 25.0 Å². The van der Waals surface area contributed by atoms with Crippen molar-refractivity contribution in [1.82, 2.24) is 24.6 Å². The molecule has 2 aromatic heterocycles. The van der Waals surface area contributed by atoms with Crippen LogP contribution in [0, 0.1) is 0 Å². The molecule has 0 bridgehead atoms. The number of benzene rings is 3. The molecule has 7 rings (SSSR count). The quantitative estimate of drug-likeness (QED) is 0.176. The molecular weight excluding hydrogens is 616 g/mol. The van der Waals surface area contributed by atoms with Gasteiger partial charge in [-0.3, -0.25) is 9.58 Å². The largest absolute Gasteiger partial charge is 0.473 e. The fourth-order valence-corrected chi connectivity index (χ4v) is 6.39. The summed E-state index contributed by atoms with van der Waals surface area (Å²) in [6.07, 6.45) is -0.218. The molecule has 49 heavy (non-hydrogen) atoms. The van der Waals surface area contributed by atoms with E-state index in [0.717, 1.165) is 59.5 Å². The van der Waals surface area contributed by atoms with Gasteiger partial charge in [0.05, 0.1) is 11.1 Å². The van der Waals surface area contributed by atoms with Crippen molar-refractivity contribution >= 4 is 22.7 Å². The molecule has 2 aliphatic heterocycles. The molecule has 1 amide bonds. The Balaban J connectivity index is 1.05. The van der Waals surface area contributed by atoms with E-state index in [1.54, 1.807) is 0 Å². The molecule has 10 nitrogen and oxygen atoms in total. The zero-order valence-electron chi connectivity index (χ0n) is 28.7. The van der Waals surface area contributed by atoms with Crippen molar-refractivity contribution in [2.75, 3.05) is 44.2 Å². The summed E-state index contributed by atoms with van der Waals surface area (Å²) < 4.78 is 19.9. The van der Waals surface area contributed by atoms with Crippen molar-refractivity contribution in [3.63, 3.8) is 0 Å². The molecule has 2 fully saturated rings. The first-order valence-corrected chi connectivity index (χ1v) is 17.0. The van der Waals surface area contributed by atoms with Gasteiger partial charge in [0, 0.05) is 69.5 Å². The molecule has 0 aliphatic carbocycles. The molecule has 0 atom stereocenters. The number of nitrogens with zero attached hydrogens (tertiary/aromatic N) is 6. The van der Waals surface area contributed by atoms with Crippen LogP contribution in [0.15, 0.2) is 91.0 Å². The van der Waals surface area contributed by atoms with Crippen molar-refractivity contribution in [3.05, 3.63) is 102 Å². The number of hydrogen-bond donors (Lipinski definition) is 0. The van der Waals surface area contributed by atoms with Gasteiger partial charge in [-0.2, -0.15) is 10.1 Å². The summed E-state index contributed by atoms with van der Waals surface area (Å²) in [7, 11) is 1.98. The van der Waals surface area contributed by atoms with Crippen molar-refractivity contribution in [3.8, 4) is 23.0 Å². The van der Waals surface area contributed by atoms with E-state index < -0.39 is 5.60 Å². The number of rotatable bonds is 9. The maximum atomic E-state index is 12.5. The topological polar surface area (TPSA) is 85.2 Å². The second-order valence-corrected chi connectivity index (χ2v) is 13.8. The molecule has 254 valence electrons. The van der Waals surface area contributed by atoms with E-state index in [1.165, 1.54) is 5.69 Å². The highest BCUT2D eigenvalue weighted by atomic mass is 16.6. The molecule has 10 heteroatoms. The number of aromatic nitrogens is 3. The van der Waals surface area contributed by atoms with E-state index >= 15 is 0 Å². The van der Waals surface area contributed by atoms with Gasteiger partial charge in [-0.15, -0.1) is 0 Å². The van der Waals surface area contributed by atoms with Crippen LogP contribution in [0.4, 0.5) is 10.5 Å². The van der Waals surface area contributed by atoms with Gasteiger partial charge in [-0.05, 0) is 56.2 Å². The fourth-order valence-electron chi connectivity index (χ4n) is 6.39. The number of aryl methyl sites for hydroxylation is 1. The molecule has 0 N–H and O–H groups in total. The highest BCUT2D eigenvalue weighted by molar-refractivity contribution is 5.96. The first-order chi connectivity index (χ1) is 23.7. The van der Waals surface area contributed by atoms with E-state index in [0.29, 0.717) is 44.1 Å². The molecular formula is C39H44N6O4. The van der Waals surface area contributed by atoms with Crippen LogP contribution in [0.25, 0.3) is 22.2 Å². The molecule has 0 saturated carbocycles. The first-order valence-electron chi connectivity index (χ1n) is 17.0. The van der Waals surface area contributed by atoms with Gasteiger partial charge in [0.1, 0.15) is 24.5 Å². The summed E-state index contributed by atoms with van der Waals surface area (Å²) in [5.41, 5.74) is 5.50. The summed E-state index contributed by atoms with van der Waals surface area (Å²) in [6.45, 7) is 11.5. The summed E-state index contributed by atoms with van der Waals surface area (Å²) in [4.78, 5) is 24.0. The van der Waals surface area contributed by atoms with Gasteiger partial charge in [-0.1, -0.05) is 60.7 Å². The van der Waals surface area contributed by atoms with Crippen LogP contribution >= 0.6 is 0 Å². The van der Waals surface area contributed by atoms with Gasteiger partial charge < -0.3 is 24.0 Å². The SMILES string of the molecule is Cn1nc(-c2ccc(OCc3ccccc3)nc2OCc2ccccc2)c2ccc(N3CC(N4CCN(C(=O)OC(C)(C)C)CC4)C3)cc21. The Morgan fingerprint density at radius 1 is 0.816 bits per heavy atom. The Kier molecular flexibility index (Phi) is 9.14. The number of anilines is 1. The van der Waals surface area contributed by atoms with Crippen LogP contribution in [-0.4, -0.2) is 81.6 Å². The van der Waals surface area contributed by atoms with E-state index in [9.17, 15) is 4.79 Å². The standard InChI is InChI=1S/C39H44N6O4/c1-39(2,3)49-38(46)44-21-19-43(20-22-44)31-24-45(25-31)30-15-16-32-34(23-30)42(4)41-36(32)33-17-18-35(47-26-28-11-7-5-8-12-28)40-37(33)48-27-29-13-9-6-10-14-29/h5-18,23,31H,19-22,24-27H2,1-4H3. The Morgan fingerprint density at radius 2 is 1.47 bits per heavy atom. The van der Waals surface area contributed by atoms with Gasteiger partial charge in [0.15, 0.2) is 0 Å². The maximum Gasteiger partial charge on any atom is 0.410 e. The molecule has 2 saturated heterocycles. The smallest absolute Gasteiger partial charge is 0.410 e. The summed E-state index contributed by atoms with van der Waals surface area (Å²) in [5.74, 6) is 0.979. The predicted octanol–water partition coefficient (Wildman–Crippen LogP) is 6.53. The normalized spacial score (nSPS) is 15.7. The first kappa shape index (κ1) is 32.5. The average Bonchev–Trinajstić information content (AvgIpc) is 3.41. The Morgan fingerprint density at radius 3 is 2.12 bits per heavy atom. The predicted molar refractivity (Wildman–Crippen MR) is 191 cm³/mol. The number of ether oxygens (including phenoxy) is 3. The Labute approximate surface area is 287 Å². The lowest BCUT2D eigenvalue weighted by molar-refractivity contribution is 0.00876. The second kappa shape index (κ2) is 13.8. The van der Waals surface area contributed by atoms with Crippen molar-refractivity contribution in [2.45, 2.75) is 45.6 Å². The summed E-state index contributed by atoms with van der Waals surface area (Å²) in [6, 6.07) is 31.0. The van der Waals surface area contributed by atoms with Crippen LogP contribution in [0.5, 0.6) is 11.8 Å². The summed E-state index contributed by atoms with van der Waals surface area (Å²) >= 11 is 0. The lowest BCUT2D eigenvalue weighted by Crippen LogP contribution is -2.63. The van der Waals surface area contributed by atoms with Crippen molar-refractivity contribution in [2.24, 2.45) is 7.05 Å². The lowest BCUT2D eigenvalue weighted by atomic mass is 10.0. The van der Waals surface area contributed by atoms with E-state index in [2.05, 4.69) is 28.0 Å². The van der Waals surface area contributed by atoms with Gasteiger partial charge >= 0.3 is 6.09 Å².